The largest absolute Gasteiger partial charge is 0.326 e. The van der Waals surface area contributed by atoms with Crippen LogP contribution in [0.2, 0.25) is 0 Å². The van der Waals surface area contributed by atoms with Gasteiger partial charge in [-0.3, -0.25) is 19.7 Å². The second-order valence-electron chi connectivity index (χ2n) is 5.02. The number of hydrogen-bond donors (Lipinski definition) is 2. The Morgan fingerprint density at radius 1 is 1.30 bits per heavy atom. The number of nitro groups is 1. The molecule has 1 rings (SSSR count). The number of benzene rings is 1. The van der Waals surface area contributed by atoms with Gasteiger partial charge in [0.1, 0.15) is 0 Å². The Morgan fingerprint density at radius 2 is 2.04 bits per heavy atom. The Kier molecular flexibility index (Phi) is 7.38. The fourth-order valence-electron chi connectivity index (χ4n) is 1.73. The van der Waals surface area contributed by atoms with E-state index in [1.165, 1.54) is 18.2 Å². The summed E-state index contributed by atoms with van der Waals surface area (Å²) in [6.07, 6.45) is 2.08. The maximum absolute atomic E-state index is 11.8. The summed E-state index contributed by atoms with van der Waals surface area (Å²) in [5.41, 5.74) is 3.07. The SMILES string of the molecule is CCCCC(=O)NN=C(C)CC(=O)Nc1cccc([N+](=O)[O-])c1. The minimum atomic E-state index is -0.534. The summed E-state index contributed by atoms with van der Waals surface area (Å²) >= 11 is 0. The molecule has 2 amide bonds. The van der Waals surface area contributed by atoms with Crippen molar-refractivity contribution < 1.29 is 14.5 Å². The summed E-state index contributed by atoms with van der Waals surface area (Å²) in [6, 6.07) is 5.66. The second kappa shape index (κ2) is 9.29. The van der Waals surface area contributed by atoms with Crippen LogP contribution in [0.4, 0.5) is 11.4 Å². The number of non-ortho nitro benzene ring substituents is 1. The van der Waals surface area contributed by atoms with E-state index in [0.717, 1.165) is 12.8 Å². The van der Waals surface area contributed by atoms with Crippen LogP contribution >= 0.6 is 0 Å². The molecule has 0 aliphatic heterocycles. The Balaban J connectivity index is 2.51. The highest BCUT2D eigenvalue weighted by Gasteiger charge is 2.09. The van der Waals surface area contributed by atoms with Gasteiger partial charge in [-0.05, 0) is 19.4 Å². The summed E-state index contributed by atoms with van der Waals surface area (Å²) in [5.74, 6) is -0.556. The molecule has 1 aromatic rings. The van der Waals surface area contributed by atoms with Crippen LogP contribution in [0.3, 0.4) is 0 Å². The van der Waals surface area contributed by atoms with Crippen LogP contribution in [-0.2, 0) is 9.59 Å². The number of carbonyl (C=O) groups is 2. The monoisotopic (exact) mass is 320 g/mol. The van der Waals surface area contributed by atoms with E-state index < -0.39 is 4.92 Å². The maximum atomic E-state index is 11.8. The molecule has 1 aromatic carbocycles. The van der Waals surface area contributed by atoms with Gasteiger partial charge >= 0.3 is 0 Å². The van der Waals surface area contributed by atoms with Gasteiger partial charge in [0.15, 0.2) is 0 Å². The molecule has 0 bridgehead atoms. The van der Waals surface area contributed by atoms with Crippen molar-refractivity contribution in [3.63, 3.8) is 0 Å². The van der Waals surface area contributed by atoms with Crippen LogP contribution < -0.4 is 10.7 Å². The number of rotatable bonds is 8. The van der Waals surface area contributed by atoms with Gasteiger partial charge in [-0.2, -0.15) is 5.10 Å². The zero-order valence-corrected chi connectivity index (χ0v) is 13.2. The number of nitrogens with one attached hydrogen (secondary N) is 2. The molecule has 0 heterocycles. The van der Waals surface area contributed by atoms with E-state index >= 15 is 0 Å². The predicted octanol–water partition coefficient (Wildman–Crippen LogP) is 2.61. The lowest BCUT2D eigenvalue weighted by atomic mass is 10.2. The zero-order valence-electron chi connectivity index (χ0n) is 13.2. The number of hydrogen-bond acceptors (Lipinski definition) is 5. The van der Waals surface area contributed by atoms with Gasteiger partial charge in [0.2, 0.25) is 11.8 Å². The van der Waals surface area contributed by atoms with E-state index in [0.29, 0.717) is 17.8 Å². The molecular formula is C15H20N4O4. The Hall–Kier alpha value is -2.77. The van der Waals surface area contributed by atoms with E-state index in [1.807, 2.05) is 6.92 Å². The highest BCUT2D eigenvalue weighted by Crippen LogP contribution is 2.17. The van der Waals surface area contributed by atoms with Crippen LogP contribution in [0, 0.1) is 10.1 Å². The summed E-state index contributed by atoms with van der Waals surface area (Å²) in [4.78, 5) is 33.4. The first-order valence-corrected chi connectivity index (χ1v) is 7.28. The van der Waals surface area contributed by atoms with E-state index in [4.69, 9.17) is 0 Å². The van der Waals surface area contributed by atoms with Crippen molar-refractivity contribution in [2.45, 2.75) is 39.5 Å². The summed E-state index contributed by atoms with van der Waals surface area (Å²) in [6.45, 7) is 3.60. The molecule has 0 fully saturated rings. The van der Waals surface area contributed by atoms with Crippen molar-refractivity contribution in [3.8, 4) is 0 Å². The van der Waals surface area contributed by atoms with E-state index in [2.05, 4.69) is 15.8 Å². The third-order valence-electron chi connectivity index (χ3n) is 2.89. The highest BCUT2D eigenvalue weighted by molar-refractivity contribution is 6.05. The van der Waals surface area contributed by atoms with E-state index in [9.17, 15) is 19.7 Å². The average Bonchev–Trinajstić information content (AvgIpc) is 2.51. The molecule has 0 aromatic heterocycles. The fourth-order valence-corrected chi connectivity index (χ4v) is 1.73. The fraction of sp³-hybridized carbons (Fsp3) is 0.400. The second-order valence-corrected chi connectivity index (χ2v) is 5.02. The van der Waals surface area contributed by atoms with Gasteiger partial charge in [-0.25, -0.2) is 5.43 Å². The van der Waals surface area contributed by atoms with Gasteiger partial charge < -0.3 is 5.32 Å². The van der Waals surface area contributed by atoms with Crippen LogP contribution in [0.25, 0.3) is 0 Å². The molecule has 8 heteroatoms. The standard InChI is InChI=1S/C15H20N4O4/c1-3-4-8-14(20)18-17-11(2)9-15(21)16-12-6-5-7-13(10-12)19(22)23/h5-7,10H,3-4,8-9H2,1-2H3,(H,16,21)(H,18,20). The molecular weight excluding hydrogens is 300 g/mol. The van der Waals surface area contributed by atoms with Gasteiger partial charge in [0.05, 0.1) is 11.3 Å². The molecule has 0 unspecified atom stereocenters. The molecule has 0 spiro atoms. The van der Waals surface area contributed by atoms with Crippen molar-refractivity contribution in [1.82, 2.24) is 5.43 Å². The lowest BCUT2D eigenvalue weighted by Gasteiger charge is -2.05. The lowest BCUT2D eigenvalue weighted by molar-refractivity contribution is -0.384. The van der Waals surface area contributed by atoms with Crippen molar-refractivity contribution in [2.75, 3.05) is 5.32 Å². The molecule has 124 valence electrons. The van der Waals surface area contributed by atoms with E-state index in [1.54, 1.807) is 13.0 Å². The number of unbranched alkanes of at least 4 members (excludes halogenated alkanes) is 1. The lowest BCUT2D eigenvalue weighted by Crippen LogP contribution is -2.21. The van der Waals surface area contributed by atoms with Gasteiger partial charge in [0, 0.05) is 30.0 Å². The molecule has 0 aliphatic rings. The Bertz CT molecular complexity index is 613. The van der Waals surface area contributed by atoms with Gasteiger partial charge in [0.25, 0.3) is 5.69 Å². The quantitative estimate of drug-likeness (QED) is 0.435. The van der Waals surface area contributed by atoms with Gasteiger partial charge in [-0.15, -0.1) is 0 Å². The number of amides is 2. The molecule has 0 saturated carbocycles. The van der Waals surface area contributed by atoms with Crippen molar-refractivity contribution in [1.29, 1.82) is 0 Å². The first kappa shape index (κ1) is 18.3. The molecule has 2 N–H and O–H groups in total. The van der Waals surface area contributed by atoms with Crippen LogP contribution in [0.15, 0.2) is 29.4 Å². The molecule has 8 nitrogen and oxygen atoms in total. The molecule has 23 heavy (non-hydrogen) atoms. The summed E-state index contributed by atoms with van der Waals surface area (Å²) in [5, 5.41) is 17.1. The van der Waals surface area contributed by atoms with Crippen LogP contribution in [-0.4, -0.2) is 22.4 Å². The first-order valence-electron chi connectivity index (χ1n) is 7.28. The van der Waals surface area contributed by atoms with Crippen LogP contribution in [0.1, 0.15) is 39.5 Å². The minimum absolute atomic E-state index is 0.0171. The molecule has 0 radical (unpaired) electrons. The highest BCUT2D eigenvalue weighted by atomic mass is 16.6. The third-order valence-corrected chi connectivity index (χ3v) is 2.89. The number of nitro benzene ring substituents is 1. The van der Waals surface area contributed by atoms with E-state index in [-0.39, 0.29) is 23.9 Å². The molecule has 0 aliphatic carbocycles. The Labute approximate surface area is 134 Å². The summed E-state index contributed by atoms with van der Waals surface area (Å²) < 4.78 is 0. The number of hydrazone groups is 1. The first-order chi connectivity index (χ1) is 10.9. The maximum Gasteiger partial charge on any atom is 0.271 e. The third kappa shape index (κ3) is 7.16. The zero-order chi connectivity index (χ0) is 17.2. The van der Waals surface area contributed by atoms with Gasteiger partial charge in [-0.1, -0.05) is 19.4 Å². The predicted molar refractivity (Wildman–Crippen MR) is 87.1 cm³/mol. The molecule has 0 atom stereocenters. The molecule has 0 saturated heterocycles. The normalized spacial score (nSPS) is 11.0. The Morgan fingerprint density at radius 3 is 2.70 bits per heavy atom. The number of carbonyl (C=O) groups excluding carboxylic acids is 2. The van der Waals surface area contributed by atoms with Crippen molar-refractivity contribution in [3.05, 3.63) is 34.4 Å². The summed E-state index contributed by atoms with van der Waals surface area (Å²) in [7, 11) is 0. The number of nitrogens with zero attached hydrogens (tertiary/aromatic N) is 2. The topological polar surface area (TPSA) is 114 Å². The minimum Gasteiger partial charge on any atom is -0.326 e. The van der Waals surface area contributed by atoms with Crippen molar-refractivity contribution >= 4 is 28.9 Å². The van der Waals surface area contributed by atoms with Crippen molar-refractivity contribution in [2.24, 2.45) is 5.10 Å². The smallest absolute Gasteiger partial charge is 0.271 e. The number of anilines is 1. The van der Waals surface area contributed by atoms with Crippen LogP contribution in [0.5, 0.6) is 0 Å². The average molecular weight is 320 g/mol.